The van der Waals surface area contributed by atoms with Crippen LogP contribution in [0, 0.1) is 6.92 Å². The zero-order valence-corrected chi connectivity index (χ0v) is 20.5. The van der Waals surface area contributed by atoms with Crippen LogP contribution in [0.25, 0.3) is 21.3 Å². The molecular formula is C20H12Br2F3N5O2S. The first-order chi connectivity index (χ1) is 15.5. The lowest BCUT2D eigenvalue weighted by molar-refractivity contribution is -0.140. The first kappa shape index (κ1) is 23.4. The summed E-state index contributed by atoms with van der Waals surface area (Å²) in [4.78, 5) is 28.5. The monoisotopic (exact) mass is 601 g/mol. The highest BCUT2D eigenvalue weighted by atomic mass is 79.9. The number of anilines is 1. The summed E-state index contributed by atoms with van der Waals surface area (Å²) in [7, 11) is 0. The van der Waals surface area contributed by atoms with E-state index in [0.29, 0.717) is 26.0 Å². The van der Waals surface area contributed by atoms with E-state index in [2.05, 4.69) is 52.4 Å². The van der Waals surface area contributed by atoms with Crippen LogP contribution in [-0.2, 0) is 6.18 Å². The SMILES string of the molecule is Cc1ccc(-c2cc(C(F)(F)F)nc3sc(C(N)=O)c(NC(=O)c4n[nH]c(Br)c4Br)c23)cc1. The fourth-order valence-corrected chi connectivity index (χ4v) is 4.77. The molecule has 0 fully saturated rings. The van der Waals surface area contributed by atoms with Crippen molar-refractivity contribution in [3.05, 3.63) is 61.2 Å². The Bertz CT molecular complexity index is 1410. The second-order valence-corrected chi connectivity index (χ2v) is 9.51. The third kappa shape index (κ3) is 4.39. The number of primary amides is 1. The second kappa shape index (κ2) is 8.54. The van der Waals surface area contributed by atoms with Gasteiger partial charge in [0.15, 0.2) is 5.69 Å². The van der Waals surface area contributed by atoms with Crippen molar-refractivity contribution >= 4 is 70.9 Å². The molecule has 0 aliphatic carbocycles. The van der Waals surface area contributed by atoms with Gasteiger partial charge in [-0.1, -0.05) is 29.8 Å². The first-order valence-corrected chi connectivity index (χ1v) is 11.5. The highest BCUT2D eigenvalue weighted by Crippen LogP contribution is 2.44. The molecule has 2 amide bonds. The summed E-state index contributed by atoms with van der Waals surface area (Å²) < 4.78 is 41.5. The van der Waals surface area contributed by atoms with Gasteiger partial charge in [0.1, 0.15) is 20.0 Å². The molecular weight excluding hydrogens is 591 g/mol. The Hall–Kier alpha value is -2.77. The molecule has 1 aromatic carbocycles. The number of pyridine rings is 1. The van der Waals surface area contributed by atoms with Crippen molar-refractivity contribution in [3.8, 4) is 11.1 Å². The van der Waals surface area contributed by atoms with Gasteiger partial charge in [-0.25, -0.2) is 4.98 Å². The van der Waals surface area contributed by atoms with Crippen molar-refractivity contribution in [2.75, 3.05) is 5.32 Å². The minimum absolute atomic E-state index is 0.0321. The van der Waals surface area contributed by atoms with E-state index < -0.39 is 23.7 Å². The predicted molar refractivity (Wildman–Crippen MR) is 125 cm³/mol. The maximum absolute atomic E-state index is 13.6. The molecule has 0 unspecified atom stereocenters. The summed E-state index contributed by atoms with van der Waals surface area (Å²) >= 11 is 7.07. The zero-order valence-electron chi connectivity index (χ0n) is 16.5. The number of nitrogens with zero attached hydrogens (tertiary/aromatic N) is 2. The molecule has 4 N–H and O–H groups in total. The Morgan fingerprint density at radius 2 is 1.85 bits per heavy atom. The first-order valence-electron chi connectivity index (χ1n) is 9.09. The van der Waals surface area contributed by atoms with E-state index in [4.69, 9.17) is 5.73 Å². The molecule has 170 valence electrons. The Balaban J connectivity index is 1.99. The quantitative estimate of drug-likeness (QED) is 0.270. The number of halogens is 5. The number of hydrogen-bond donors (Lipinski definition) is 3. The average molecular weight is 603 g/mol. The van der Waals surface area contributed by atoms with Crippen LogP contribution in [-0.4, -0.2) is 27.0 Å². The standard InChI is InChI=1S/C20H12Br2F3N5O2S/c1-7-2-4-8(5-3-7)9-6-10(20(23,24)25)27-19-11(9)13(15(33-19)17(26)31)28-18(32)14-12(21)16(22)30-29-14/h2-6H,1H3,(H2,26,31)(H,28,32)(H,29,30). The van der Waals surface area contributed by atoms with Gasteiger partial charge in [0.25, 0.3) is 11.8 Å². The molecule has 0 aliphatic heterocycles. The van der Waals surface area contributed by atoms with Crippen LogP contribution in [0.3, 0.4) is 0 Å². The fourth-order valence-electron chi connectivity index (χ4n) is 3.13. The molecule has 0 aliphatic rings. The number of benzene rings is 1. The maximum atomic E-state index is 13.6. The van der Waals surface area contributed by atoms with Crippen molar-refractivity contribution < 1.29 is 22.8 Å². The number of fused-ring (bicyclic) bond motifs is 1. The number of hydrogen-bond acceptors (Lipinski definition) is 5. The van der Waals surface area contributed by atoms with Crippen molar-refractivity contribution in [2.45, 2.75) is 13.1 Å². The van der Waals surface area contributed by atoms with E-state index in [-0.39, 0.29) is 32.0 Å². The lowest BCUT2D eigenvalue weighted by Crippen LogP contribution is -2.17. The van der Waals surface area contributed by atoms with Crippen molar-refractivity contribution in [1.29, 1.82) is 0 Å². The second-order valence-electron chi connectivity index (χ2n) is 6.92. The molecule has 33 heavy (non-hydrogen) atoms. The van der Waals surface area contributed by atoms with Gasteiger partial charge in [-0.3, -0.25) is 14.7 Å². The molecule has 7 nitrogen and oxygen atoms in total. The number of thiophene rings is 1. The number of rotatable bonds is 4. The molecule has 0 saturated carbocycles. The topological polar surface area (TPSA) is 114 Å². The van der Waals surface area contributed by atoms with Gasteiger partial charge >= 0.3 is 6.18 Å². The average Bonchev–Trinajstić information content (AvgIpc) is 3.27. The Labute approximate surface area is 204 Å². The van der Waals surface area contributed by atoms with E-state index in [0.717, 1.165) is 11.6 Å². The molecule has 0 radical (unpaired) electrons. The summed E-state index contributed by atoms with van der Waals surface area (Å²) in [5.74, 6) is -1.63. The number of amides is 2. The predicted octanol–water partition coefficient (Wildman–Crippen LogP) is 5.89. The van der Waals surface area contributed by atoms with Crippen molar-refractivity contribution in [3.63, 3.8) is 0 Å². The number of aromatic amines is 1. The third-order valence-electron chi connectivity index (χ3n) is 4.66. The highest BCUT2D eigenvalue weighted by molar-refractivity contribution is 9.13. The fraction of sp³-hybridized carbons (Fsp3) is 0.100. The summed E-state index contributed by atoms with van der Waals surface area (Å²) in [5.41, 5.74) is 5.81. The number of nitrogens with one attached hydrogen (secondary N) is 2. The van der Waals surface area contributed by atoms with Gasteiger partial charge in [0, 0.05) is 5.39 Å². The maximum Gasteiger partial charge on any atom is 0.433 e. The molecule has 4 rings (SSSR count). The number of nitrogens with two attached hydrogens (primary N) is 1. The van der Waals surface area contributed by atoms with Gasteiger partial charge in [-0.05, 0) is 56.0 Å². The number of alkyl halides is 3. The minimum Gasteiger partial charge on any atom is -0.365 e. The lowest BCUT2D eigenvalue weighted by Gasteiger charge is -2.12. The van der Waals surface area contributed by atoms with Gasteiger partial charge in [0.2, 0.25) is 0 Å². The number of aromatic nitrogens is 3. The van der Waals surface area contributed by atoms with E-state index in [9.17, 15) is 22.8 Å². The van der Waals surface area contributed by atoms with Crippen LogP contribution in [0.4, 0.5) is 18.9 Å². The summed E-state index contributed by atoms with van der Waals surface area (Å²) in [6.07, 6.45) is -4.72. The third-order valence-corrected chi connectivity index (χ3v) is 7.64. The van der Waals surface area contributed by atoms with E-state index in [1.807, 2.05) is 6.92 Å². The molecule has 0 saturated heterocycles. The number of carbonyl (C=O) groups is 2. The van der Waals surface area contributed by atoms with Gasteiger partial charge < -0.3 is 11.1 Å². The highest BCUT2D eigenvalue weighted by Gasteiger charge is 2.35. The van der Waals surface area contributed by atoms with Crippen LogP contribution in [0.15, 0.2) is 39.4 Å². The molecule has 13 heteroatoms. The molecule has 4 aromatic rings. The molecule has 0 spiro atoms. The van der Waals surface area contributed by atoms with Gasteiger partial charge in [-0.2, -0.15) is 18.3 Å². The Morgan fingerprint density at radius 3 is 2.39 bits per heavy atom. The Morgan fingerprint density at radius 1 is 1.18 bits per heavy atom. The normalized spacial score (nSPS) is 11.7. The van der Waals surface area contributed by atoms with Gasteiger partial charge in [0.05, 0.1) is 10.2 Å². The van der Waals surface area contributed by atoms with E-state index >= 15 is 0 Å². The zero-order chi connectivity index (χ0) is 24.1. The summed E-state index contributed by atoms with van der Waals surface area (Å²) in [6.45, 7) is 1.84. The number of H-pyrrole nitrogens is 1. The minimum atomic E-state index is -4.72. The van der Waals surface area contributed by atoms with Crippen LogP contribution in [0.1, 0.15) is 31.4 Å². The summed E-state index contributed by atoms with van der Waals surface area (Å²) in [5, 5.41) is 9.20. The van der Waals surface area contributed by atoms with Gasteiger partial charge in [-0.15, -0.1) is 11.3 Å². The van der Waals surface area contributed by atoms with Crippen LogP contribution in [0.2, 0.25) is 0 Å². The molecule has 3 heterocycles. The Kier molecular flexibility index (Phi) is 6.05. The summed E-state index contributed by atoms with van der Waals surface area (Å²) in [6, 6.07) is 7.68. The largest absolute Gasteiger partial charge is 0.433 e. The van der Waals surface area contributed by atoms with Crippen molar-refractivity contribution in [2.24, 2.45) is 5.73 Å². The number of carbonyl (C=O) groups excluding carboxylic acids is 2. The van der Waals surface area contributed by atoms with E-state index in [1.165, 1.54) is 0 Å². The molecule has 0 bridgehead atoms. The number of aryl methyl sites for hydroxylation is 1. The van der Waals surface area contributed by atoms with Crippen molar-refractivity contribution in [1.82, 2.24) is 15.2 Å². The van der Waals surface area contributed by atoms with Crippen LogP contribution >= 0.6 is 43.2 Å². The smallest absolute Gasteiger partial charge is 0.365 e. The van der Waals surface area contributed by atoms with E-state index in [1.54, 1.807) is 24.3 Å². The van der Waals surface area contributed by atoms with Crippen LogP contribution in [0.5, 0.6) is 0 Å². The van der Waals surface area contributed by atoms with Crippen LogP contribution < -0.4 is 11.1 Å². The lowest BCUT2D eigenvalue weighted by atomic mass is 10.00. The molecule has 3 aromatic heterocycles. The molecule has 0 atom stereocenters.